The van der Waals surface area contributed by atoms with Crippen molar-refractivity contribution in [2.75, 3.05) is 24.7 Å². The molecule has 0 radical (unpaired) electrons. The third kappa shape index (κ3) is 2.33. The Bertz CT molecular complexity index is 560. The molecule has 1 aliphatic carbocycles. The Morgan fingerprint density at radius 1 is 0.950 bits per heavy atom. The molecule has 0 amide bonds. The number of anilines is 2. The maximum Gasteiger partial charge on any atom is 0.224 e. The van der Waals surface area contributed by atoms with Crippen LogP contribution in [-0.4, -0.2) is 24.1 Å². The van der Waals surface area contributed by atoms with Crippen LogP contribution in [0.3, 0.4) is 0 Å². The highest BCUT2D eigenvalue weighted by molar-refractivity contribution is 5.44. The number of rotatable bonds is 4. The summed E-state index contributed by atoms with van der Waals surface area (Å²) in [7, 11) is 3.75. The molecule has 0 spiro atoms. The molecule has 2 N–H and O–H groups in total. The molecule has 0 unspecified atom stereocenters. The molecule has 1 aromatic heterocycles. The van der Waals surface area contributed by atoms with Gasteiger partial charge in [0.15, 0.2) is 0 Å². The Morgan fingerprint density at radius 2 is 1.70 bits per heavy atom. The van der Waals surface area contributed by atoms with Crippen molar-refractivity contribution in [1.82, 2.24) is 9.97 Å². The topological polar surface area (TPSA) is 49.8 Å². The lowest BCUT2D eigenvalue weighted by atomic mass is 9.68. The highest BCUT2D eigenvalue weighted by Gasteiger charge is 2.34. The van der Waals surface area contributed by atoms with Crippen LogP contribution in [0.25, 0.3) is 0 Å². The molecule has 3 rings (SSSR count). The van der Waals surface area contributed by atoms with Crippen molar-refractivity contribution in [2.24, 2.45) is 0 Å². The van der Waals surface area contributed by atoms with E-state index in [0.717, 1.165) is 11.5 Å². The number of aromatic nitrogens is 2. The van der Waals surface area contributed by atoms with Gasteiger partial charge < -0.3 is 10.6 Å². The van der Waals surface area contributed by atoms with Crippen LogP contribution in [0.1, 0.15) is 35.9 Å². The van der Waals surface area contributed by atoms with Gasteiger partial charge in [-0.25, -0.2) is 4.98 Å². The van der Waals surface area contributed by atoms with Crippen LogP contribution >= 0.6 is 0 Å². The maximum atomic E-state index is 4.64. The summed E-state index contributed by atoms with van der Waals surface area (Å²) >= 11 is 0. The molecule has 2 aromatic rings. The lowest BCUT2D eigenvalue weighted by Gasteiger charge is -2.36. The van der Waals surface area contributed by atoms with Crippen molar-refractivity contribution in [1.29, 1.82) is 0 Å². The molecule has 1 heterocycles. The van der Waals surface area contributed by atoms with E-state index in [2.05, 4.69) is 57.0 Å². The predicted octanol–water partition coefficient (Wildman–Crippen LogP) is 3.22. The average molecular weight is 268 g/mol. The quantitative estimate of drug-likeness (QED) is 0.894. The van der Waals surface area contributed by atoms with Gasteiger partial charge in [-0.1, -0.05) is 30.3 Å². The number of benzene rings is 1. The number of nitrogens with zero attached hydrogens (tertiary/aromatic N) is 2. The molecule has 1 aromatic carbocycles. The molecule has 0 bridgehead atoms. The number of hydrogen-bond donors (Lipinski definition) is 2. The van der Waals surface area contributed by atoms with E-state index in [1.54, 1.807) is 0 Å². The number of nitrogens with one attached hydrogen (secondary N) is 2. The van der Waals surface area contributed by atoms with Crippen molar-refractivity contribution in [3.63, 3.8) is 0 Å². The van der Waals surface area contributed by atoms with Gasteiger partial charge >= 0.3 is 0 Å². The smallest absolute Gasteiger partial charge is 0.224 e. The summed E-state index contributed by atoms with van der Waals surface area (Å²) in [5, 5.41) is 6.15. The first-order chi connectivity index (χ1) is 9.81. The normalized spacial score (nSPS) is 21.1. The summed E-state index contributed by atoms with van der Waals surface area (Å²) < 4.78 is 0. The standard InChI is InChI=1S/C16H20N4/c1-17-15-10-14(19-16(18-2)20-15)13-9-8-12(13)11-6-4-3-5-7-11/h3-7,10,12-13H,8-9H2,1-2H3,(H2,17,18,19,20)/t12-,13-/m0/s1. The van der Waals surface area contributed by atoms with E-state index in [-0.39, 0.29) is 0 Å². The van der Waals surface area contributed by atoms with Crippen molar-refractivity contribution in [3.05, 3.63) is 47.7 Å². The molecular weight excluding hydrogens is 248 g/mol. The molecule has 2 atom stereocenters. The minimum absolute atomic E-state index is 0.500. The largest absolute Gasteiger partial charge is 0.373 e. The van der Waals surface area contributed by atoms with Crippen molar-refractivity contribution in [3.8, 4) is 0 Å². The molecule has 20 heavy (non-hydrogen) atoms. The van der Waals surface area contributed by atoms with Crippen LogP contribution in [0, 0.1) is 0 Å². The van der Waals surface area contributed by atoms with Gasteiger partial charge in [0.05, 0.1) is 5.69 Å². The SMILES string of the molecule is CNc1cc([C@H]2CC[C@H]2c2ccccc2)nc(NC)n1. The summed E-state index contributed by atoms with van der Waals surface area (Å²) in [6, 6.07) is 12.8. The first-order valence-electron chi connectivity index (χ1n) is 7.11. The summed E-state index contributed by atoms with van der Waals surface area (Å²) in [5.41, 5.74) is 2.55. The summed E-state index contributed by atoms with van der Waals surface area (Å²) in [4.78, 5) is 9.01. The molecule has 0 saturated heterocycles. The van der Waals surface area contributed by atoms with E-state index in [1.165, 1.54) is 18.4 Å². The van der Waals surface area contributed by atoms with E-state index in [1.807, 2.05) is 14.1 Å². The van der Waals surface area contributed by atoms with Gasteiger partial charge in [0.25, 0.3) is 0 Å². The fraction of sp³-hybridized carbons (Fsp3) is 0.375. The van der Waals surface area contributed by atoms with Gasteiger partial charge in [-0.05, 0) is 24.3 Å². The van der Waals surface area contributed by atoms with E-state index < -0.39 is 0 Å². The van der Waals surface area contributed by atoms with E-state index in [4.69, 9.17) is 0 Å². The van der Waals surface area contributed by atoms with Crippen molar-refractivity contribution in [2.45, 2.75) is 24.7 Å². The molecule has 104 valence electrons. The van der Waals surface area contributed by atoms with Gasteiger partial charge in [0.2, 0.25) is 5.95 Å². The molecule has 1 fully saturated rings. The van der Waals surface area contributed by atoms with Gasteiger partial charge in [-0.15, -0.1) is 0 Å². The monoisotopic (exact) mass is 268 g/mol. The van der Waals surface area contributed by atoms with Crippen LogP contribution in [0.5, 0.6) is 0 Å². The van der Waals surface area contributed by atoms with Gasteiger partial charge in [-0.2, -0.15) is 4.98 Å². The Balaban J connectivity index is 1.89. The predicted molar refractivity (Wildman–Crippen MR) is 82.3 cm³/mol. The molecule has 4 heteroatoms. The molecule has 1 saturated carbocycles. The Labute approximate surface area is 119 Å². The Hall–Kier alpha value is -2.10. The van der Waals surface area contributed by atoms with Crippen LogP contribution in [-0.2, 0) is 0 Å². The minimum atomic E-state index is 0.500. The van der Waals surface area contributed by atoms with Crippen LogP contribution in [0.2, 0.25) is 0 Å². The third-order valence-corrected chi connectivity index (χ3v) is 4.11. The number of hydrogen-bond acceptors (Lipinski definition) is 4. The summed E-state index contributed by atoms with van der Waals surface area (Å²) in [5.74, 6) is 2.64. The van der Waals surface area contributed by atoms with Crippen LogP contribution in [0.15, 0.2) is 36.4 Å². The lowest BCUT2D eigenvalue weighted by Crippen LogP contribution is -2.23. The minimum Gasteiger partial charge on any atom is -0.373 e. The lowest BCUT2D eigenvalue weighted by molar-refractivity contribution is 0.340. The second-order valence-electron chi connectivity index (χ2n) is 5.20. The molecule has 1 aliphatic rings. The molecule has 4 nitrogen and oxygen atoms in total. The van der Waals surface area contributed by atoms with E-state index in [0.29, 0.717) is 17.8 Å². The van der Waals surface area contributed by atoms with Gasteiger partial charge in [0.1, 0.15) is 5.82 Å². The Kier molecular flexibility index (Phi) is 3.54. The Morgan fingerprint density at radius 3 is 2.30 bits per heavy atom. The zero-order valence-electron chi connectivity index (χ0n) is 11.9. The third-order valence-electron chi connectivity index (χ3n) is 4.11. The van der Waals surface area contributed by atoms with Crippen molar-refractivity contribution < 1.29 is 0 Å². The average Bonchev–Trinajstić information content (AvgIpc) is 2.46. The van der Waals surface area contributed by atoms with Gasteiger partial charge in [-0.3, -0.25) is 0 Å². The van der Waals surface area contributed by atoms with E-state index in [9.17, 15) is 0 Å². The maximum absolute atomic E-state index is 4.64. The summed E-state index contributed by atoms with van der Waals surface area (Å²) in [6.07, 6.45) is 2.44. The first kappa shape index (κ1) is 12.9. The van der Waals surface area contributed by atoms with E-state index >= 15 is 0 Å². The van der Waals surface area contributed by atoms with Crippen LogP contribution in [0.4, 0.5) is 11.8 Å². The second-order valence-corrected chi connectivity index (χ2v) is 5.20. The zero-order valence-corrected chi connectivity index (χ0v) is 11.9. The fourth-order valence-electron chi connectivity index (χ4n) is 2.85. The van der Waals surface area contributed by atoms with Crippen molar-refractivity contribution >= 4 is 11.8 Å². The zero-order chi connectivity index (χ0) is 13.9. The summed E-state index contributed by atoms with van der Waals surface area (Å²) in [6.45, 7) is 0. The molecular formula is C16H20N4. The molecule has 0 aliphatic heterocycles. The fourth-order valence-corrected chi connectivity index (χ4v) is 2.85. The highest BCUT2D eigenvalue weighted by atomic mass is 15.1. The van der Waals surface area contributed by atoms with Gasteiger partial charge in [0, 0.05) is 26.1 Å². The highest BCUT2D eigenvalue weighted by Crippen LogP contribution is 2.48. The second kappa shape index (κ2) is 5.49. The van der Waals surface area contributed by atoms with Crippen LogP contribution < -0.4 is 10.6 Å². The first-order valence-corrected chi connectivity index (χ1v) is 7.11.